The van der Waals surface area contributed by atoms with Crippen LogP contribution >= 0.6 is 23.6 Å². The average Bonchev–Trinajstić information content (AvgIpc) is 2.94. The molecular formula is C16H13N3OS2. The molecule has 0 saturated heterocycles. The van der Waals surface area contributed by atoms with E-state index in [0.717, 1.165) is 16.6 Å². The third-order valence-corrected chi connectivity index (χ3v) is 4.04. The zero-order valence-electron chi connectivity index (χ0n) is 11.8. The van der Waals surface area contributed by atoms with Gasteiger partial charge >= 0.3 is 0 Å². The van der Waals surface area contributed by atoms with Gasteiger partial charge in [-0.25, -0.2) is 4.98 Å². The summed E-state index contributed by atoms with van der Waals surface area (Å²) < 4.78 is 0. The molecule has 0 atom stereocenters. The van der Waals surface area contributed by atoms with Crippen LogP contribution in [0.15, 0.2) is 47.8 Å². The molecule has 1 heterocycles. The van der Waals surface area contributed by atoms with Crippen molar-refractivity contribution in [3.63, 3.8) is 0 Å². The van der Waals surface area contributed by atoms with Crippen LogP contribution in [0.25, 0.3) is 22.0 Å². The monoisotopic (exact) mass is 327 g/mol. The molecule has 0 unspecified atom stereocenters. The first-order valence-electron chi connectivity index (χ1n) is 6.66. The standard InChI is InChI=1S/C16H13N3OS2/c1-10(20)17-15(21)19-16-18-14(9-22-16)13-8-4-6-11-5-2-3-7-12(11)13/h2-9H,1H3,(H2,17,18,19,20,21). The van der Waals surface area contributed by atoms with Crippen LogP contribution < -0.4 is 10.6 Å². The maximum Gasteiger partial charge on any atom is 0.222 e. The maximum atomic E-state index is 11.0. The number of carbonyl (C=O) groups is 1. The Morgan fingerprint density at radius 2 is 1.95 bits per heavy atom. The van der Waals surface area contributed by atoms with E-state index in [9.17, 15) is 4.79 Å². The van der Waals surface area contributed by atoms with Crippen molar-refractivity contribution in [3.8, 4) is 11.3 Å². The van der Waals surface area contributed by atoms with Gasteiger partial charge < -0.3 is 10.6 Å². The molecule has 0 radical (unpaired) electrons. The molecule has 0 aliphatic rings. The number of rotatable bonds is 2. The van der Waals surface area contributed by atoms with E-state index in [0.29, 0.717) is 5.13 Å². The van der Waals surface area contributed by atoms with Gasteiger partial charge in [0.1, 0.15) is 0 Å². The van der Waals surface area contributed by atoms with Gasteiger partial charge in [0.25, 0.3) is 0 Å². The van der Waals surface area contributed by atoms with E-state index < -0.39 is 0 Å². The number of fused-ring (bicyclic) bond motifs is 1. The lowest BCUT2D eigenvalue weighted by atomic mass is 10.0. The highest BCUT2D eigenvalue weighted by molar-refractivity contribution is 7.80. The normalized spacial score (nSPS) is 10.4. The average molecular weight is 327 g/mol. The lowest BCUT2D eigenvalue weighted by Gasteiger charge is -2.05. The fourth-order valence-electron chi connectivity index (χ4n) is 2.19. The molecule has 0 spiro atoms. The highest BCUT2D eigenvalue weighted by Gasteiger charge is 2.09. The first-order chi connectivity index (χ1) is 10.6. The number of carbonyl (C=O) groups excluding carboxylic acids is 1. The van der Waals surface area contributed by atoms with Gasteiger partial charge in [-0.05, 0) is 23.0 Å². The van der Waals surface area contributed by atoms with Crippen molar-refractivity contribution in [1.82, 2.24) is 10.3 Å². The molecule has 0 saturated carbocycles. The Kier molecular flexibility index (Phi) is 4.13. The maximum absolute atomic E-state index is 11.0. The number of nitrogens with one attached hydrogen (secondary N) is 2. The second-order valence-electron chi connectivity index (χ2n) is 4.70. The van der Waals surface area contributed by atoms with Crippen LogP contribution in [0.1, 0.15) is 6.92 Å². The minimum absolute atomic E-state index is 0.205. The minimum atomic E-state index is -0.205. The number of thiazole rings is 1. The van der Waals surface area contributed by atoms with Crippen LogP contribution in [0.4, 0.5) is 5.13 Å². The quantitative estimate of drug-likeness (QED) is 0.703. The molecule has 2 aromatic carbocycles. The lowest BCUT2D eigenvalue weighted by molar-refractivity contribution is -0.117. The topological polar surface area (TPSA) is 54.0 Å². The molecule has 3 rings (SSSR count). The van der Waals surface area contributed by atoms with Crippen molar-refractivity contribution < 1.29 is 4.79 Å². The zero-order chi connectivity index (χ0) is 15.5. The van der Waals surface area contributed by atoms with Crippen LogP contribution in [-0.4, -0.2) is 16.0 Å². The Morgan fingerprint density at radius 3 is 2.77 bits per heavy atom. The number of hydrogen-bond acceptors (Lipinski definition) is 4. The molecule has 4 nitrogen and oxygen atoms in total. The van der Waals surface area contributed by atoms with Crippen LogP contribution in [-0.2, 0) is 4.79 Å². The number of thiocarbonyl (C=S) groups is 1. The Hall–Kier alpha value is -2.31. The number of amides is 1. The van der Waals surface area contributed by atoms with Gasteiger partial charge in [-0.1, -0.05) is 42.5 Å². The van der Waals surface area contributed by atoms with Gasteiger partial charge in [-0.15, -0.1) is 11.3 Å². The van der Waals surface area contributed by atoms with Crippen molar-refractivity contribution in [3.05, 3.63) is 47.8 Å². The minimum Gasteiger partial charge on any atom is -0.308 e. The van der Waals surface area contributed by atoms with Gasteiger partial charge in [0, 0.05) is 17.9 Å². The van der Waals surface area contributed by atoms with Crippen molar-refractivity contribution >= 4 is 50.5 Å². The summed E-state index contributed by atoms with van der Waals surface area (Å²) in [7, 11) is 0. The Morgan fingerprint density at radius 1 is 1.18 bits per heavy atom. The molecule has 22 heavy (non-hydrogen) atoms. The van der Waals surface area contributed by atoms with E-state index in [4.69, 9.17) is 12.2 Å². The molecule has 1 aromatic heterocycles. The molecule has 0 aliphatic heterocycles. The largest absolute Gasteiger partial charge is 0.308 e. The van der Waals surface area contributed by atoms with E-state index in [1.807, 2.05) is 29.6 Å². The fourth-order valence-corrected chi connectivity index (χ4v) is 3.21. The van der Waals surface area contributed by atoms with Gasteiger partial charge in [-0.3, -0.25) is 4.79 Å². The van der Waals surface area contributed by atoms with Crippen molar-refractivity contribution in [2.24, 2.45) is 0 Å². The number of nitrogens with zero attached hydrogens (tertiary/aromatic N) is 1. The molecule has 1 amide bonds. The summed E-state index contributed by atoms with van der Waals surface area (Å²) in [5, 5.41) is 10.7. The molecule has 0 bridgehead atoms. The Labute approximate surface area is 137 Å². The summed E-state index contributed by atoms with van der Waals surface area (Å²) in [6.07, 6.45) is 0. The summed E-state index contributed by atoms with van der Waals surface area (Å²) in [6.45, 7) is 1.41. The number of hydrogen-bond donors (Lipinski definition) is 2. The molecule has 110 valence electrons. The van der Waals surface area contributed by atoms with E-state index >= 15 is 0 Å². The zero-order valence-corrected chi connectivity index (χ0v) is 13.4. The molecular weight excluding hydrogens is 314 g/mol. The molecule has 0 fully saturated rings. The smallest absolute Gasteiger partial charge is 0.222 e. The van der Waals surface area contributed by atoms with E-state index in [2.05, 4.69) is 33.8 Å². The number of aromatic nitrogens is 1. The molecule has 0 aliphatic carbocycles. The van der Waals surface area contributed by atoms with E-state index in [-0.39, 0.29) is 11.0 Å². The molecule has 3 aromatic rings. The summed E-state index contributed by atoms with van der Waals surface area (Å²) in [5.41, 5.74) is 1.96. The van der Waals surface area contributed by atoms with Crippen LogP contribution in [0, 0.1) is 0 Å². The van der Waals surface area contributed by atoms with E-state index in [1.54, 1.807) is 0 Å². The van der Waals surface area contributed by atoms with Gasteiger partial charge in [-0.2, -0.15) is 0 Å². The molecule has 6 heteroatoms. The summed E-state index contributed by atoms with van der Waals surface area (Å²) in [4.78, 5) is 15.5. The Balaban J connectivity index is 1.90. The first kappa shape index (κ1) is 14.6. The predicted molar refractivity (Wildman–Crippen MR) is 95.1 cm³/mol. The van der Waals surface area contributed by atoms with Gasteiger partial charge in [0.2, 0.25) is 5.91 Å². The summed E-state index contributed by atoms with van der Waals surface area (Å²) in [6, 6.07) is 14.3. The predicted octanol–water partition coefficient (Wildman–Crippen LogP) is 3.80. The van der Waals surface area contributed by atoms with Crippen molar-refractivity contribution in [2.75, 3.05) is 5.32 Å². The summed E-state index contributed by atoms with van der Waals surface area (Å²) in [5.74, 6) is -0.205. The van der Waals surface area contributed by atoms with Crippen LogP contribution in [0.3, 0.4) is 0 Å². The number of benzene rings is 2. The fraction of sp³-hybridized carbons (Fsp3) is 0.0625. The second-order valence-corrected chi connectivity index (χ2v) is 5.97. The Bertz CT molecular complexity index is 852. The van der Waals surface area contributed by atoms with E-state index in [1.165, 1.54) is 23.6 Å². The third-order valence-electron chi connectivity index (χ3n) is 3.08. The van der Waals surface area contributed by atoms with Gasteiger partial charge in [0.15, 0.2) is 10.2 Å². The first-order valence-corrected chi connectivity index (χ1v) is 7.94. The SMILES string of the molecule is CC(=O)NC(=S)Nc1nc(-c2cccc3ccccc23)cs1. The van der Waals surface area contributed by atoms with Gasteiger partial charge in [0.05, 0.1) is 5.69 Å². The second kappa shape index (κ2) is 6.21. The lowest BCUT2D eigenvalue weighted by Crippen LogP contribution is -2.32. The third kappa shape index (κ3) is 3.13. The van der Waals surface area contributed by atoms with Crippen LogP contribution in [0.5, 0.6) is 0 Å². The van der Waals surface area contributed by atoms with Crippen molar-refractivity contribution in [1.29, 1.82) is 0 Å². The highest BCUT2D eigenvalue weighted by atomic mass is 32.1. The van der Waals surface area contributed by atoms with Crippen molar-refractivity contribution in [2.45, 2.75) is 6.92 Å². The summed E-state index contributed by atoms with van der Waals surface area (Å²) >= 11 is 6.49. The highest BCUT2D eigenvalue weighted by Crippen LogP contribution is 2.30. The molecule has 2 N–H and O–H groups in total. The number of anilines is 1. The van der Waals surface area contributed by atoms with Crippen LogP contribution in [0.2, 0.25) is 0 Å².